The van der Waals surface area contributed by atoms with E-state index in [1.807, 2.05) is 26.0 Å². The fourth-order valence-corrected chi connectivity index (χ4v) is 5.00. The van der Waals surface area contributed by atoms with Crippen LogP contribution in [0.2, 0.25) is 0 Å². The minimum Gasteiger partial charge on any atom is -0.497 e. The molecule has 0 radical (unpaired) electrons. The Hall–Kier alpha value is -3.91. The second-order valence-electron chi connectivity index (χ2n) is 8.06. The van der Waals surface area contributed by atoms with Gasteiger partial charge in [-0.3, -0.25) is 9.59 Å². The summed E-state index contributed by atoms with van der Waals surface area (Å²) in [5, 5.41) is 2.95. The van der Waals surface area contributed by atoms with E-state index in [4.69, 9.17) is 4.74 Å². The zero-order valence-corrected chi connectivity index (χ0v) is 19.8. The zero-order chi connectivity index (χ0) is 24.5. The molecular weight excluding hydrogens is 452 g/mol. The van der Waals surface area contributed by atoms with Crippen LogP contribution in [0.5, 0.6) is 5.75 Å². The summed E-state index contributed by atoms with van der Waals surface area (Å²) in [6.07, 6.45) is 1.24. The second-order valence-corrected chi connectivity index (χ2v) is 9.98. The summed E-state index contributed by atoms with van der Waals surface area (Å²) in [6, 6.07) is 18.4. The number of hydrogen-bond donors (Lipinski definition) is 1. The number of nitrogens with one attached hydrogen (secondary N) is 1. The molecule has 7 nitrogen and oxygen atoms in total. The standard InChI is InChI=1S/C26H24N2O5S/c1-17-4-8-19(9-5-17)27-25(29)16-28-15-24(34(31,32)21-11-6-18(2)7-12-21)26(30)22-14-20(33-3)10-13-23(22)28/h4-15H,16H2,1-3H3,(H,27,29). The molecule has 1 amide bonds. The Kier molecular flexibility index (Phi) is 6.26. The number of methoxy groups -OCH3 is 1. The van der Waals surface area contributed by atoms with E-state index < -0.39 is 20.2 Å². The van der Waals surface area contributed by atoms with Crippen molar-refractivity contribution in [1.29, 1.82) is 0 Å². The SMILES string of the molecule is COc1ccc2c(c1)c(=O)c(S(=O)(=O)c1ccc(C)cc1)cn2CC(=O)Nc1ccc(C)cc1. The van der Waals surface area contributed by atoms with Gasteiger partial charge in [0.15, 0.2) is 0 Å². The number of nitrogens with zero attached hydrogens (tertiary/aromatic N) is 1. The third kappa shape index (κ3) is 4.58. The maximum Gasteiger partial charge on any atom is 0.244 e. The number of carbonyl (C=O) groups excluding carboxylic acids is 1. The summed E-state index contributed by atoms with van der Waals surface area (Å²) in [7, 11) is -2.67. The van der Waals surface area contributed by atoms with E-state index in [-0.39, 0.29) is 22.7 Å². The van der Waals surface area contributed by atoms with Gasteiger partial charge in [-0.15, -0.1) is 0 Å². The highest BCUT2D eigenvalue weighted by Crippen LogP contribution is 2.24. The summed E-state index contributed by atoms with van der Waals surface area (Å²) in [5.41, 5.74) is 2.35. The molecule has 0 saturated carbocycles. The Balaban J connectivity index is 1.83. The third-order valence-corrected chi connectivity index (χ3v) is 7.29. The summed E-state index contributed by atoms with van der Waals surface area (Å²) in [5.74, 6) is 0.0495. The van der Waals surface area contributed by atoms with Crippen molar-refractivity contribution in [3.8, 4) is 5.75 Å². The Morgan fingerprint density at radius 2 is 1.56 bits per heavy atom. The van der Waals surface area contributed by atoms with Crippen molar-refractivity contribution in [2.75, 3.05) is 12.4 Å². The van der Waals surface area contributed by atoms with Crippen LogP contribution in [0.4, 0.5) is 5.69 Å². The minimum absolute atomic E-state index is 0.00750. The molecule has 1 aromatic heterocycles. The summed E-state index contributed by atoms with van der Waals surface area (Å²) in [4.78, 5) is 25.7. The average molecular weight is 477 g/mol. The summed E-state index contributed by atoms with van der Waals surface area (Å²) >= 11 is 0. The van der Waals surface area contributed by atoms with E-state index in [9.17, 15) is 18.0 Å². The van der Waals surface area contributed by atoms with Crippen LogP contribution in [0.25, 0.3) is 10.9 Å². The lowest BCUT2D eigenvalue weighted by atomic mass is 10.2. The number of sulfone groups is 1. The average Bonchev–Trinajstić information content (AvgIpc) is 2.82. The van der Waals surface area contributed by atoms with E-state index in [0.717, 1.165) is 11.1 Å². The number of hydrogen-bond acceptors (Lipinski definition) is 5. The summed E-state index contributed by atoms with van der Waals surface area (Å²) < 4.78 is 33.5. The Labute approximate surface area is 197 Å². The molecule has 4 aromatic rings. The normalized spacial score (nSPS) is 11.4. The van der Waals surface area contributed by atoms with Crippen LogP contribution in [-0.2, 0) is 21.2 Å². The molecule has 0 aliphatic heterocycles. The van der Waals surface area contributed by atoms with Gasteiger partial charge >= 0.3 is 0 Å². The molecule has 4 rings (SSSR count). The molecular formula is C26H24N2O5S. The van der Waals surface area contributed by atoms with Gasteiger partial charge in [0.05, 0.1) is 22.9 Å². The van der Waals surface area contributed by atoms with Gasteiger partial charge in [0.2, 0.25) is 21.2 Å². The van der Waals surface area contributed by atoms with Gasteiger partial charge in [0.25, 0.3) is 0 Å². The number of aryl methyl sites for hydroxylation is 2. The lowest BCUT2D eigenvalue weighted by Gasteiger charge is -2.15. The quantitative estimate of drug-likeness (QED) is 0.452. The molecule has 0 fully saturated rings. The first kappa shape index (κ1) is 23.3. The van der Waals surface area contributed by atoms with Crippen LogP contribution >= 0.6 is 0 Å². The maximum atomic E-state index is 13.4. The van der Waals surface area contributed by atoms with Crippen molar-refractivity contribution in [3.63, 3.8) is 0 Å². The number of benzene rings is 3. The number of anilines is 1. The lowest BCUT2D eigenvalue weighted by molar-refractivity contribution is -0.116. The minimum atomic E-state index is -4.13. The predicted molar refractivity (Wildman–Crippen MR) is 131 cm³/mol. The van der Waals surface area contributed by atoms with Gasteiger partial charge in [-0.25, -0.2) is 8.42 Å². The monoisotopic (exact) mass is 476 g/mol. The highest BCUT2D eigenvalue weighted by atomic mass is 32.2. The molecule has 0 spiro atoms. The first-order valence-corrected chi connectivity index (χ1v) is 12.1. The van der Waals surface area contributed by atoms with Crippen molar-refractivity contribution < 1.29 is 17.9 Å². The maximum absolute atomic E-state index is 13.4. The molecule has 8 heteroatoms. The number of ether oxygens (including phenoxy) is 1. The Morgan fingerprint density at radius 3 is 2.18 bits per heavy atom. The van der Waals surface area contributed by atoms with Crippen LogP contribution < -0.4 is 15.5 Å². The fraction of sp³-hybridized carbons (Fsp3) is 0.154. The zero-order valence-electron chi connectivity index (χ0n) is 19.0. The molecule has 3 aromatic carbocycles. The Morgan fingerprint density at radius 1 is 0.941 bits per heavy atom. The van der Waals surface area contributed by atoms with E-state index in [1.165, 1.54) is 36.1 Å². The number of carbonyl (C=O) groups is 1. The van der Waals surface area contributed by atoms with Crippen LogP contribution in [0.15, 0.2) is 87.5 Å². The van der Waals surface area contributed by atoms with Crippen LogP contribution in [0, 0.1) is 13.8 Å². The molecule has 0 aliphatic carbocycles. The van der Waals surface area contributed by atoms with Crippen LogP contribution in [-0.4, -0.2) is 26.0 Å². The molecule has 0 unspecified atom stereocenters. The first-order valence-electron chi connectivity index (χ1n) is 10.6. The number of amides is 1. The smallest absolute Gasteiger partial charge is 0.244 e. The van der Waals surface area contributed by atoms with Crippen LogP contribution in [0.1, 0.15) is 11.1 Å². The molecule has 0 saturated heterocycles. The van der Waals surface area contributed by atoms with E-state index in [1.54, 1.807) is 36.4 Å². The van der Waals surface area contributed by atoms with Gasteiger partial charge in [-0.05, 0) is 56.3 Å². The van der Waals surface area contributed by atoms with Crippen LogP contribution in [0.3, 0.4) is 0 Å². The van der Waals surface area contributed by atoms with Gasteiger partial charge in [-0.1, -0.05) is 35.4 Å². The van der Waals surface area contributed by atoms with Gasteiger partial charge < -0.3 is 14.6 Å². The lowest BCUT2D eigenvalue weighted by Crippen LogP contribution is -2.24. The predicted octanol–water partition coefficient (Wildman–Crippen LogP) is 4.10. The molecule has 0 bridgehead atoms. The third-order valence-electron chi connectivity index (χ3n) is 5.52. The molecule has 34 heavy (non-hydrogen) atoms. The molecule has 1 N–H and O–H groups in total. The highest BCUT2D eigenvalue weighted by Gasteiger charge is 2.24. The van der Waals surface area contributed by atoms with Gasteiger partial charge in [-0.2, -0.15) is 0 Å². The molecule has 0 atom stereocenters. The van der Waals surface area contributed by atoms with Crippen molar-refractivity contribution in [3.05, 3.63) is 94.3 Å². The first-order chi connectivity index (χ1) is 16.2. The van der Waals surface area contributed by atoms with Crippen molar-refractivity contribution >= 4 is 32.3 Å². The summed E-state index contributed by atoms with van der Waals surface area (Å²) in [6.45, 7) is 3.61. The number of aromatic nitrogens is 1. The van der Waals surface area contributed by atoms with E-state index in [0.29, 0.717) is 17.0 Å². The van der Waals surface area contributed by atoms with Crippen molar-refractivity contribution in [2.24, 2.45) is 0 Å². The fourth-order valence-electron chi connectivity index (χ4n) is 3.64. The van der Waals surface area contributed by atoms with Crippen molar-refractivity contribution in [1.82, 2.24) is 4.57 Å². The highest BCUT2D eigenvalue weighted by molar-refractivity contribution is 7.91. The van der Waals surface area contributed by atoms with Gasteiger partial charge in [0.1, 0.15) is 17.2 Å². The number of rotatable bonds is 6. The van der Waals surface area contributed by atoms with Gasteiger partial charge in [0, 0.05) is 11.9 Å². The number of fused-ring (bicyclic) bond motifs is 1. The Bertz CT molecular complexity index is 1540. The molecule has 1 heterocycles. The second kappa shape index (κ2) is 9.15. The molecule has 0 aliphatic rings. The molecule has 174 valence electrons. The van der Waals surface area contributed by atoms with Crippen molar-refractivity contribution in [2.45, 2.75) is 30.2 Å². The van der Waals surface area contributed by atoms with E-state index in [2.05, 4.69) is 5.32 Å². The largest absolute Gasteiger partial charge is 0.497 e. The van der Waals surface area contributed by atoms with E-state index >= 15 is 0 Å². The topological polar surface area (TPSA) is 94.5 Å². The number of pyridine rings is 1.